The van der Waals surface area contributed by atoms with Crippen molar-refractivity contribution in [3.63, 3.8) is 0 Å². The van der Waals surface area contributed by atoms with Crippen LogP contribution in [0.25, 0.3) is 0 Å². The molecule has 0 aliphatic carbocycles. The molecule has 1 aliphatic heterocycles. The summed E-state index contributed by atoms with van der Waals surface area (Å²) in [6.45, 7) is 12.5. The van der Waals surface area contributed by atoms with E-state index in [1.807, 2.05) is 13.8 Å². The average Bonchev–Trinajstić information content (AvgIpc) is 2.15. The van der Waals surface area contributed by atoms with Crippen molar-refractivity contribution in [2.24, 2.45) is 5.92 Å². The first-order valence-electron chi connectivity index (χ1n) is 6.26. The van der Waals surface area contributed by atoms with Gasteiger partial charge in [-0.15, -0.1) is 0 Å². The number of carbonyl (C=O) groups is 1. The van der Waals surface area contributed by atoms with E-state index >= 15 is 0 Å². The summed E-state index contributed by atoms with van der Waals surface area (Å²) in [5.41, 5.74) is 0.215. The van der Waals surface area contributed by atoms with E-state index in [9.17, 15) is 4.79 Å². The summed E-state index contributed by atoms with van der Waals surface area (Å²) in [6, 6.07) is 0. The van der Waals surface area contributed by atoms with Gasteiger partial charge in [0.15, 0.2) is 0 Å². The summed E-state index contributed by atoms with van der Waals surface area (Å²) < 4.78 is 5.25. The van der Waals surface area contributed by atoms with Crippen LogP contribution in [-0.2, 0) is 9.53 Å². The number of hydrogen-bond acceptors (Lipinski definition) is 3. The van der Waals surface area contributed by atoms with Crippen molar-refractivity contribution in [2.75, 3.05) is 13.1 Å². The van der Waals surface area contributed by atoms with Gasteiger partial charge < -0.3 is 4.74 Å². The molecule has 0 aromatic rings. The predicted molar refractivity (Wildman–Crippen MR) is 65.3 cm³/mol. The van der Waals surface area contributed by atoms with Gasteiger partial charge in [-0.3, -0.25) is 9.69 Å². The van der Waals surface area contributed by atoms with Crippen LogP contribution in [0, 0.1) is 5.92 Å². The maximum atomic E-state index is 11.7. The van der Waals surface area contributed by atoms with Crippen LogP contribution in [0.5, 0.6) is 0 Å². The highest BCUT2D eigenvalue weighted by molar-refractivity contribution is 5.72. The molecule has 1 rings (SSSR count). The smallest absolute Gasteiger partial charge is 0.309 e. The Labute approximate surface area is 99.1 Å². The van der Waals surface area contributed by atoms with Gasteiger partial charge in [0.2, 0.25) is 0 Å². The molecule has 0 aromatic carbocycles. The van der Waals surface area contributed by atoms with Gasteiger partial charge in [0.05, 0.1) is 12.0 Å². The van der Waals surface area contributed by atoms with Crippen molar-refractivity contribution < 1.29 is 9.53 Å². The third-order valence-electron chi connectivity index (χ3n) is 3.13. The molecule has 16 heavy (non-hydrogen) atoms. The van der Waals surface area contributed by atoms with E-state index in [4.69, 9.17) is 4.74 Å². The predicted octanol–water partition coefficient (Wildman–Crippen LogP) is 2.45. The fourth-order valence-electron chi connectivity index (χ4n) is 2.11. The van der Waals surface area contributed by atoms with Gasteiger partial charge >= 0.3 is 5.97 Å². The molecule has 3 nitrogen and oxygen atoms in total. The third-order valence-corrected chi connectivity index (χ3v) is 3.13. The van der Waals surface area contributed by atoms with Crippen LogP contribution in [0.3, 0.4) is 0 Å². The first kappa shape index (κ1) is 13.5. The third kappa shape index (κ3) is 3.78. The lowest BCUT2D eigenvalue weighted by Crippen LogP contribution is -2.47. The zero-order valence-electron chi connectivity index (χ0n) is 11.2. The number of piperidine rings is 1. The highest BCUT2D eigenvalue weighted by atomic mass is 16.5. The first-order chi connectivity index (χ1) is 7.30. The summed E-state index contributed by atoms with van der Waals surface area (Å²) in [5.74, 6) is 0.101. The van der Waals surface area contributed by atoms with Crippen LogP contribution in [0.15, 0.2) is 0 Å². The zero-order chi connectivity index (χ0) is 12.3. The van der Waals surface area contributed by atoms with E-state index < -0.39 is 0 Å². The van der Waals surface area contributed by atoms with Crippen LogP contribution in [-0.4, -0.2) is 35.6 Å². The second-order valence-electron chi connectivity index (χ2n) is 5.92. The molecule has 3 heteroatoms. The van der Waals surface area contributed by atoms with Crippen LogP contribution in [0.4, 0.5) is 0 Å². The molecule has 0 atom stereocenters. The van der Waals surface area contributed by atoms with E-state index in [2.05, 4.69) is 25.7 Å². The van der Waals surface area contributed by atoms with Gasteiger partial charge in [0.1, 0.15) is 0 Å². The van der Waals surface area contributed by atoms with Crippen LogP contribution < -0.4 is 0 Å². The Morgan fingerprint density at radius 3 is 2.12 bits per heavy atom. The Morgan fingerprint density at radius 1 is 1.25 bits per heavy atom. The highest BCUT2D eigenvalue weighted by Gasteiger charge is 2.31. The zero-order valence-corrected chi connectivity index (χ0v) is 11.2. The van der Waals surface area contributed by atoms with Crippen molar-refractivity contribution >= 4 is 5.97 Å². The Morgan fingerprint density at radius 2 is 1.75 bits per heavy atom. The number of esters is 1. The molecular weight excluding hydrogens is 202 g/mol. The average molecular weight is 227 g/mol. The van der Waals surface area contributed by atoms with E-state index in [-0.39, 0.29) is 23.5 Å². The summed E-state index contributed by atoms with van der Waals surface area (Å²) in [4.78, 5) is 14.2. The van der Waals surface area contributed by atoms with E-state index in [1.54, 1.807) is 0 Å². The molecule has 1 aliphatic rings. The Hall–Kier alpha value is -0.570. The molecule has 0 bridgehead atoms. The maximum absolute atomic E-state index is 11.7. The minimum absolute atomic E-state index is 0.00754. The lowest BCUT2D eigenvalue weighted by Gasteiger charge is -2.40. The molecule has 0 radical (unpaired) electrons. The number of rotatable bonds is 2. The molecule has 0 aromatic heterocycles. The van der Waals surface area contributed by atoms with Gasteiger partial charge in [0.25, 0.3) is 0 Å². The number of hydrogen-bond donors (Lipinski definition) is 0. The standard InChI is InChI=1S/C13H25NO2/c1-10(2)16-12(15)11-6-8-14(9-7-11)13(3,4)5/h10-11H,6-9H2,1-5H3. The van der Waals surface area contributed by atoms with Crippen molar-refractivity contribution in [1.82, 2.24) is 4.90 Å². The number of nitrogens with zero attached hydrogens (tertiary/aromatic N) is 1. The molecule has 0 amide bonds. The first-order valence-corrected chi connectivity index (χ1v) is 6.26. The normalized spacial score (nSPS) is 20.1. The number of ether oxygens (including phenoxy) is 1. The molecule has 0 saturated carbocycles. The van der Waals surface area contributed by atoms with Gasteiger partial charge in [-0.2, -0.15) is 0 Å². The minimum atomic E-state index is -0.0106. The van der Waals surface area contributed by atoms with Crippen molar-refractivity contribution in [3.8, 4) is 0 Å². The van der Waals surface area contributed by atoms with E-state index in [1.165, 1.54) is 0 Å². The molecule has 1 saturated heterocycles. The lowest BCUT2D eigenvalue weighted by molar-refractivity contribution is -0.154. The van der Waals surface area contributed by atoms with Crippen molar-refractivity contribution in [2.45, 2.75) is 59.1 Å². The Bertz CT molecular complexity index is 235. The van der Waals surface area contributed by atoms with Crippen molar-refractivity contribution in [3.05, 3.63) is 0 Å². The second kappa shape index (κ2) is 5.17. The topological polar surface area (TPSA) is 29.5 Å². The van der Waals surface area contributed by atoms with Crippen LogP contribution >= 0.6 is 0 Å². The molecule has 1 fully saturated rings. The second-order valence-corrected chi connectivity index (χ2v) is 5.92. The van der Waals surface area contributed by atoms with Crippen LogP contribution in [0.2, 0.25) is 0 Å². The molecule has 0 N–H and O–H groups in total. The minimum Gasteiger partial charge on any atom is -0.463 e. The Kier molecular flexibility index (Phi) is 4.36. The lowest BCUT2D eigenvalue weighted by atomic mass is 9.93. The quantitative estimate of drug-likeness (QED) is 0.679. The summed E-state index contributed by atoms with van der Waals surface area (Å²) >= 11 is 0. The Balaban J connectivity index is 2.40. The highest BCUT2D eigenvalue weighted by Crippen LogP contribution is 2.24. The van der Waals surface area contributed by atoms with Crippen LogP contribution in [0.1, 0.15) is 47.5 Å². The van der Waals surface area contributed by atoms with Gasteiger partial charge in [-0.05, 0) is 60.5 Å². The fourth-order valence-corrected chi connectivity index (χ4v) is 2.11. The summed E-state index contributed by atoms with van der Waals surface area (Å²) in [7, 11) is 0. The largest absolute Gasteiger partial charge is 0.463 e. The number of likely N-dealkylation sites (tertiary alicyclic amines) is 1. The monoisotopic (exact) mass is 227 g/mol. The SMILES string of the molecule is CC(C)OC(=O)C1CCN(C(C)(C)C)CC1. The summed E-state index contributed by atoms with van der Waals surface area (Å²) in [5, 5.41) is 0. The van der Waals surface area contributed by atoms with E-state index in [0.29, 0.717) is 0 Å². The molecule has 0 unspecified atom stereocenters. The molecule has 1 heterocycles. The molecule has 0 spiro atoms. The molecular formula is C13H25NO2. The van der Waals surface area contributed by atoms with Crippen molar-refractivity contribution in [1.29, 1.82) is 0 Å². The van der Waals surface area contributed by atoms with Gasteiger partial charge in [0, 0.05) is 5.54 Å². The number of carbonyl (C=O) groups excluding carboxylic acids is 1. The van der Waals surface area contributed by atoms with E-state index in [0.717, 1.165) is 25.9 Å². The summed E-state index contributed by atoms with van der Waals surface area (Å²) in [6.07, 6.45) is 1.87. The van der Waals surface area contributed by atoms with Gasteiger partial charge in [-0.1, -0.05) is 0 Å². The maximum Gasteiger partial charge on any atom is 0.309 e. The fraction of sp³-hybridized carbons (Fsp3) is 0.923. The van der Waals surface area contributed by atoms with Gasteiger partial charge in [-0.25, -0.2) is 0 Å². The molecule has 94 valence electrons.